The Kier molecular flexibility index (Phi) is 5.54. The highest BCUT2D eigenvalue weighted by atomic mass is 79.9. The van der Waals surface area contributed by atoms with Crippen LogP contribution in [-0.4, -0.2) is 37.0 Å². The molecule has 0 saturated carbocycles. The molecule has 1 aliphatic rings. The zero-order valence-corrected chi connectivity index (χ0v) is 15.4. The average molecular weight is 413 g/mol. The third-order valence-electron chi connectivity index (χ3n) is 4.26. The van der Waals surface area contributed by atoms with Gasteiger partial charge in [-0.2, -0.15) is 0 Å². The summed E-state index contributed by atoms with van der Waals surface area (Å²) in [6.45, 7) is 4.06. The summed E-state index contributed by atoms with van der Waals surface area (Å²) in [5, 5.41) is 0.752. The van der Waals surface area contributed by atoms with E-state index in [-0.39, 0.29) is 11.7 Å². The van der Waals surface area contributed by atoms with E-state index in [0.29, 0.717) is 23.1 Å². The monoisotopic (exact) mass is 411 g/mol. The van der Waals surface area contributed by atoms with Gasteiger partial charge in [0.25, 0.3) is 5.91 Å². The maximum absolute atomic E-state index is 13.2. The predicted octanol–water partition coefficient (Wildman–Crippen LogP) is 2.78. The molecule has 0 spiro atoms. The number of halogens is 3. The molecule has 0 radical (unpaired) electrons. The number of carbonyl (C=O) groups is 1. The molecule has 1 saturated heterocycles. The van der Waals surface area contributed by atoms with E-state index in [0.717, 1.165) is 24.7 Å². The van der Waals surface area contributed by atoms with Gasteiger partial charge in [-0.05, 0) is 46.3 Å². The lowest BCUT2D eigenvalue weighted by Gasteiger charge is -2.32. The fourth-order valence-corrected chi connectivity index (χ4v) is 3.71. The van der Waals surface area contributed by atoms with Gasteiger partial charge in [0.1, 0.15) is 12.4 Å². The van der Waals surface area contributed by atoms with Gasteiger partial charge in [-0.1, -0.05) is 23.7 Å². The molecule has 0 atom stereocenters. The maximum atomic E-state index is 13.2. The number of rotatable bonds is 3. The Balaban J connectivity index is 1.59. The molecule has 1 amide bonds. The summed E-state index contributed by atoms with van der Waals surface area (Å²) in [4.78, 5) is 15.9. The Bertz CT molecular complexity index is 748. The van der Waals surface area contributed by atoms with Crippen molar-refractivity contribution in [1.82, 2.24) is 4.90 Å². The Morgan fingerprint density at radius 2 is 1.96 bits per heavy atom. The average Bonchev–Trinajstić information content (AvgIpc) is 2.55. The smallest absolute Gasteiger partial charge is 0.255 e. The van der Waals surface area contributed by atoms with Crippen molar-refractivity contribution in [3.05, 3.63) is 68.9 Å². The van der Waals surface area contributed by atoms with Crippen molar-refractivity contribution in [1.29, 1.82) is 0 Å². The lowest BCUT2D eigenvalue weighted by molar-refractivity contribution is -0.917. The zero-order chi connectivity index (χ0) is 17.1. The van der Waals surface area contributed by atoms with E-state index in [9.17, 15) is 9.18 Å². The Morgan fingerprint density at radius 3 is 2.62 bits per heavy atom. The van der Waals surface area contributed by atoms with Gasteiger partial charge < -0.3 is 9.80 Å². The minimum absolute atomic E-state index is 0.0521. The molecule has 2 aromatic rings. The van der Waals surface area contributed by atoms with E-state index >= 15 is 0 Å². The first-order chi connectivity index (χ1) is 11.5. The maximum Gasteiger partial charge on any atom is 0.255 e. The summed E-state index contributed by atoms with van der Waals surface area (Å²) in [6.07, 6.45) is 0. The molecule has 1 aliphatic heterocycles. The van der Waals surface area contributed by atoms with Crippen LogP contribution >= 0.6 is 27.5 Å². The Morgan fingerprint density at radius 1 is 1.21 bits per heavy atom. The van der Waals surface area contributed by atoms with E-state index in [1.807, 2.05) is 23.1 Å². The van der Waals surface area contributed by atoms with Crippen molar-refractivity contribution < 1.29 is 14.1 Å². The molecular formula is C18H18BrClFN2O+. The van der Waals surface area contributed by atoms with Gasteiger partial charge >= 0.3 is 0 Å². The van der Waals surface area contributed by atoms with E-state index in [4.69, 9.17) is 11.6 Å². The Labute approximate surface area is 154 Å². The lowest BCUT2D eigenvalue weighted by atomic mass is 10.1. The highest BCUT2D eigenvalue weighted by Gasteiger charge is 2.25. The predicted molar refractivity (Wildman–Crippen MR) is 95.9 cm³/mol. The molecular weight excluding hydrogens is 395 g/mol. The van der Waals surface area contributed by atoms with Crippen LogP contribution in [-0.2, 0) is 6.54 Å². The van der Waals surface area contributed by atoms with E-state index in [2.05, 4.69) is 22.0 Å². The molecule has 1 N–H and O–H groups in total. The van der Waals surface area contributed by atoms with Crippen LogP contribution < -0.4 is 4.90 Å². The van der Waals surface area contributed by atoms with E-state index < -0.39 is 0 Å². The standard InChI is InChI=1S/C18H17BrClFN2O/c19-17-11-15(21)4-5-16(17)18(24)23-8-6-22(7-9-23)12-13-2-1-3-14(20)10-13/h1-5,10-11H,6-9,12H2/p+1. The fraction of sp³-hybridized carbons (Fsp3) is 0.278. The van der Waals surface area contributed by atoms with Gasteiger partial charge in [0.15, 0.2) is 0 Å². The third-order valence-corrected chi connectivity index (χ3v) is 5.15. The highest BCUT2D eigenvalue weighted by Crippen LogP contribution is 2.20. The van der Waals surface area contributed by atoms with Crippen molar-refractivity contribution in [2.75, 3.05) is 26.2 Å². The van der Waals surface area contributed by atoms with Crippen LogP contribution in [0.25, 0.3) is 0 Å². The van der Waals surface area contributed by atoms with Gasteiger partial charge in [-0.3, -0.25) is 4.79 Å². The molecule has 2 aromatic carbocycles. The fourth-order valence-electron chi connectivity index (χ4n) is 2.97. The first-order valence-electron chi connectivity index (χ1n) is 7.85. The van der Waals surface area contributed by atoms with Crippen LogP contribution in [0.2, 0.25) is 5.02 Å². The molecule has 1 fully saturated rings. The molecule has 1 heterocycles. The molecule has 0 aliphatic carbocycles. The minimum atomic E-state index is -0.353. The molecule has 3 nitrogen and oxygen atoms in total. The first kappa shape index (κ1) is 17.4. The van der Waals surface area contributed by atoms with Crippen molar-refractivity contribution in [3.63, 3.8) is 0 Å². The molecule has 0 bridgehead atoms. The van der Waals surface area contributed by atoms with Gasteiger partial charge in [0.05, 0.1) is 31.7 Å². The number of hydrogen-bond acceptors (Lipinski definition) is 1. The van der Waals surface area contributed by atoms with Crippen LogP contribution in [0, 0.1) is 5.82 Å². The summed E-state index contributed by atoms with van der Waals surface area (Å²) in [6, 6.07) is 12.1. The number of amides is 1. The molecule has 24 heavy (non-hydrogen) atoms. The molecule has 6 heteroatoms. The number of carbonyl (C=O) groups excluding carboxylic acids is 1. The number of quaternary nitrogens is 1. The van der Waals surface area contributed by atoms with Gasteiger partial charge in [-0.15, -0.1) is 0 Å². The van der Waals surface area contributed by atoms with Crippen LogP contribution in [0.4, 0.5) is 4.39 Å². The van der Waals surface area contributed by atoms with Gasteiger partial charge in [0, 0.05) is 15.1 Å². The topological polar surface area (TPSA) is 24.8 Å². The highest BCUT2D eigenvalue weighted by molar-refractivity contribution is 9.10. The number of nitrogens with one attached hydrogen (secondary N) is 1. The van der Waals surface area contributed by atoms with Crippen molar-refractivity contribution in [3.8, 4) is 0 Å². The summed E-state index contributed by atoms with van der Waals surface area (Å²) in [5.74, 6) is -0.405. The van der Waals surface area contributed by atoms with Crippen LogP contribution in [0.5, 0.6) is 0 Å². The second-order valence-electron chi connectivity index (χ2n) is 5.97. The number of hydrogen-bond donors (Lipinski definition) is 1. The largest absolute Gasteiger partial charge is 0.328 e. The number of benzene rings is 2. The molecule has 3 rings (SSSR count). The summed E-state index contributed by atoms with van der Waals surface area (Å²) < 4.78 is 13.7. The third kappa shape index (κ3) is 4.15. The van der Waals surface area contributed by atoms with Crippen molar-refractivity contribution in [2.45, 2.75) is 6.54 Å². The quantitative estimate of drug-likeness (QED) is 0.824. The van der Waals surface area contributed by atoms with E-state index in [1.165, 1.54) is 28.7 Å². The van der Waals surface area contributed by atoms with Crippen LogP contribution in [0.3, 0.4) is 0 Å². The first-order valence-corrected chi connectivity index (χ1v) is 9.02. The van der Waals surface area contributed by atoms with E-state index in [1.54, 1.807) is 0 Å². The van der Waals surface area contributed by atoms with Gasteiger partial charge in [0.2, 0.25) is 0 Å². The molecule has 0 aromatic heterocycles. The van der Waals surface area contributed by atoms with Crippen molar-refractivity contribution in [2.24, 2.45) is 0 Å². The SMILES string of the molecule is O=C(c1ccc(F)cc1Br)N1CC[NH+](Cc2cccc(Cl)c2)CC1. The Hall–Kier alpha value is -1.43. The van der Waals surface area contributed by atoms with Crippen LogP contribution in [0.15, 0.2) is 46.9 Å². The summed E-state index contributed by atoms with van der Waals surface area (Å²) in [5.41, 5.74) is 1.72. The van der Waals surface area contributed by atoms with Crippen molar-refractivity contribution >= 4 is 33.4 Å². The molecule has 126 valence electrons. The second-order valence-corrected chi connectivity index (χ2v) is 7.26. The zero-order valence-electron chi connectivity index (χ0n) is 13.1. The van der Waals surface area contributed by atoms with Gasteiger partial charge in [-0.25, -0.2) is 4.39 Å². The number of nitrogens with zero attached hydrogens (tertiary/aromatic N) is 1. The lowest BCUT2D eigenvalue weighted by Crippen LogP contribution is -3.13. The second kappa shape index (κ2) is 7.64. The number of piperazine rings is 1. The summed E-state index contributed by atoms with van der Waals surface area (Å²) >= 11 is 9.30. The summed E-state index contributed by atoms with van der Waals surface area (Å²) in [7, 11) is 0. The normalized spacial score (nSPS) is 15.5. The molecule has 0 unspecified atom stereocenters. The minimum Gasteiger partial charge on any atom is -0.328 e. The van der Waals surface area contributed by atoms with Crippen LogP contribution in [0.1, 0.15) is 15.9 Å².